The first-order valence-electron chi connectivity index (χ1n) is 10.3. The summed E-state index contributed by atoms with van der Waals surface area (Å²) in [6.45, 7) is 3.37. The van der Waals surface area contributed by atoms with Gasteiger partial charge in [-0.1, -0.05) is 43.6 Å². The topological polar surface area (TPSA) is 66.5 Å². The van der Waals surface area contributed by atoms with Crippen LogP contribution < -0.4 is 10.2 Å². The van der Waals surface area contributed by atoms with Gasteiger partial charge in [-0.15, -0.1) is 0 Å². The molecule has 0 spiro atoms. The molecule has 2 aromatic carbocycles. The van der Waals surface area contributed by atoms with Gasteiger partial charge in [-0.25, -0.2) is 4.39 Å². The molecule has 178 valence electrons. The van der Waals surface area contributed by atoms with Gasteiger partial charge >= 0.3 is 6.18 Å². The van der Waals surface area contributed by atoms with E-state index in [2.05, 4.69) is 0 Å². The summed E-state index contributed by atoms with van der Waals surface area (Å²) in [6, 6.07) is 10.1. The zero-order valence-corrected chi connectivity index (χ0v) is 18.9. The lowest BCUT2D eigenvalue weighted by Crippen LogP contribution is -2.66. The molecule has 0 unspecified atom stereocenters. The third kappa shape index (κ3) is 3.68. The molecule has 34 heavy (non-hydrogen) atoms. The van der Waals surface area contributed by atoms with Crippen molar-refractivity contribution in [2.24, 2.45) is 5.41 Å². The van der Waals surface area contributed by atoms with E-state index in [0.717, 1.165) is 23.1 Å². The van der Waals surface area contributed by atoms with Crippen LogP contribution in [-0.4, -0.2) is 29.3 Å². The van der Waals surface area contributed by atoms with Gasteiger partial charge in [0.25, 0.3) is 11.8 Å². The van der Waals surface area contributed by atoms with Crippen molar-refractivity contribution in [1.29, 1.82) is 0 Å². The Kier molecular flexibility index (Phi) is 5.59. The highest BCUT2D eigenvalue weighted by Crippen LogP contribution is 2.53. The maximum atomic E-state index is 14.8. The molecule has 1 heterocycles. The number of allylic oxidation sites excluding steroid dienone is 1. The normalized spacial score (nSPS) is 22.1. The Morgan fingerprint density at radius 2 is 1.71 bits per heavy atom. The largest absolute Gasteiger partial charge is 0.425 e. The van der Waals surface area contributed by atoms with E-state index < -0.39 is 51.1 Å². The van der Waals surface area contributed by atoms with Gasteiger partial charge in [0, 0.05) is 17.7 Å². The van der Waals surface area contributed by atoms with Gasteiger partial charge in [-0.2, -0.15) is 13.2 Å². The Hall–Kier alpha value is -3.20. The first kappa shape index (κ1) is 23.9. The summed E-state index contributed by atoms with van der Waals surface area (Å²) in [6.07, 6.45) is -5.67. The Bertz CT molecular complexity index is 1240. The molecule has 5 nitrogen and oxygen atoms in total. The minimum Gasteiger partial charge on any atom is -0.326 e. The zero-order valence-electron chi connectivity index (χ0n) is 18.1. The molecule has 0 fully saturated rings. The van der Waals surface area contributed by atoms with Crippen LogP contribution in [0.4, 0.5) is 23.2 Å². The fourth-order valence-corrected chi connectivity index (χ4v) is 4.66. The number of rotatable bonds is 3. The molecule has 0 radical (unpaired) electrons. The van der Waals surface area contributed by atoms with E-state index in [-0.39, 0.29) is 29.8 Å². The lowest BCUT2D eigenvalue weighted by atomic mass is 9.72. The van der Waals surface area contributed by atoms with Crippen LogP contribution in [0.25, 0.3) is 0 Å². The smallest absolute Gasteiger partial charge is 0.326 e. The summed E-state index contributed by atoms with van der Waals surface area (Å²) < 4.78 is 58.1. The van der Waals surface area contributed by atoms with Gasteiger partial charge in [-0.05, 0) is 42.2 Å². The van der Waals surface area contributed by atoms with Crippen molar-refractivity contribution in [3.8, 4) is 0 Å². The predicted molar refractivity (Wildman–Crippen MR) is 117 cm³/mol. The quantitative estimate of drug-likeness (QED) is 0.596. The molecule has 1 N–H and O–H groups in total. The van der Waals surface area contributed by atoms with Crippen LogP contribution in [0.2, 0.25) is 5.02 Å². The minimum absolute atomic E-state index is 0.0617. The highest BCUT2D eigenvalue weighted by atomic mass is 35.5. The molecule has 4 rings (SSSR count). The maximum absolute atomic E-state index is 14.8. The van der Waals surface area contributed by atoms with E-state index in [9.17, 15) is 31.9 Å². The Morgan fingerprint density at radius 3 is 2.29 bits per heavy atom. The zero-order chi connectivity index (χ0) is 25.1. The minimum atomic E-state index is -5.36. The predicted octanol–water partition coefficient (Wildman–Crippen LogP) is 5.20. The average Bonchev–Trinajstić information content (AvgIpc) is 2.98. The van der Waals surface area contributed by atoms with Crippen molar-refractivity contribution in [2.75, 3.05) is 4.90 Å². The molecule has 2 aromatic rings. The monoisotopic (exact) mass is 494 g/mol. The molecule has 0 aromatic heterocycles. The number of carbonyl (C=O) groups excluding carboxylic acids is 3. The fourth-order valence-electron chi connectivity index (χ4n) is 4.48. The second-order valence-corrected chi connectivity index (χ2v) is 9.48. The highest BCUT2D eigenvalue weighted by molar-refractivity contribution is 6.31. The molecule has 2 aliphatic rings. The summed E-state index contributed by atoms with van der Waals surface area (Å²) in [4.78, 5) is 40.3. The molecule has 2 amide bonds. The van der Waals surface area contributed by atoms with Crippen molar-refractivity contribution in [3.05, 3.63) is 76.2 Å². The maximum Gasteiger partial charge on any atom is 0.425 e. The molecule has 1 aliphatic carbocycles. The van der Waals surface area contributed by atoms with E-state index in [1.165, 1.54) is 24.3 Å². The summed E-state index contributed by atoms with van der Waals surface area (Å²) in [5.74, 6) is -4.48. The summed E-state index contributed by atoms with van der Waals surface area (Å²) in [7, 11) is 0. The fraction of sp³-hybridized carbons (Fsp3) is 0.292. The van der Waals surface area contributed by atoms with Gasteiger partial charge < -0.3 is 5.32 Å². The number of alkyl halides is 3. The first-order valence-corrected chi connectivity index (χ1v) is 10.7. The van der Waals surface area contributed by atoms with E-state index in [0.29, 0.717) is 0 Å². The van der Waals surface area contributed by atoms with Crippen molar-refractivity contribution < 1.29 is 31.9 Å². The SMILES string of the molecule is CC1(C)CC(=O)C2=C(C1)N(c1ccc(F)c(Cl)c1)C(=O)[C@]2(NC(=O)c1ccccc1)C(F)(F)F. The number of anilines is 1. The van der Waals surface area contributed by atoms with Crippen LogP contribution >= 0.6 is 11.6 Å². The number of amides is 2. The summed E-state index contributed by atoms with van der Waals surface area (Å²) in [5.41, 5.74) is -5.65. The van der Waals surface area contributed by atoms with Crippen molar-refractivity contribution in [2.45, 2.75) is 38.4 Å². The summed E-state index contributed by atoms with van der Waals surface area (Å²) in [5, 5.41) is 1.43. The van der Waals surface area contributed by atoms with Gasteiger partial charge in [-0.3, -0.25) is 19.3 Å². The Labute approximate surface area is 197 Å². The molecule has 0 saturated heterocycles. The number of hydrogen-bond acceptors (Lipinski definition) is 3. The lowest BCUT2D eigenvalue weighted by molar-refractivity contribution is -0.186. The molecular weight excluding hydrogens is 476 g/mol. The third-order valence-corrected chi connectivity index (χ3v) is 6.23. The van der Waals surface area contributed by atoms with E-state index in [4.69, 9.17) is 11.6 Å². The number of nitrogens with one attached hydrogen (secondary N) is 1. The number of carbonyl (C=O) groups is 3. The molecule has 1 atom stereocenters. The van der Waals surface area contributed by atoms with E-state index >= 15 is 0 Å². The second-order valence-electron chi connectivity index (χ2n) is 9.07. The number of halogens is 5. The molecule has 1 aliphatic heterocycles. The number of Topliss-reactive ketones (excluding diaryl/α,β-unsaturated/α-hetero) is 1. The Balaban J connectivity index is 1.96. The van der Waals surface area contributed by atoms with Gasteiger partial charge in [0.1, 0.15) is 5.82 Å². The number of nitrogens with zero attached hydrogens (tertiary/aromatic N) is 1. The van der Waals surface area contributed by atoms with E-state index in [1.54, 1.807) is 19.9 Å². The summed E-state index contributed by atoms with van der Waals surface area (Å²) >= 11 is 5.84. The number of benzene rings is 2. The van der Waals surface area contributed by atoms with Crippen LogP contribution in [0.15, 0.2) is 59.8 Å². The van der Waals surface area contributed by atoms with Crippen molar-refractivity contribution in [1.82, 2.24) is 5.32 Å². The standard InChI is InChI=1S/C24H19ClF4N2O3/c1-22(2)11-17-19(18(32)12-22)23(24(27,28)29,30-20(33)13-6-4-3-5-7-13)21(34)31(17)14-8-9-16(26)15(25)10-14/h3-10H,11-12H2,1-2H3,(H,30,33)/t23-/m0/s1. The van der Waals surface area contributed by atoms with E-state index in [1.807, 2.05) is 5.32 Å². The van der Waals surface area contributed by atoms with Crippen molar-refractivity contribution >= 4 is 34.9 Å². The third-order valence-electron chi connectivity index (χ3n) is 5.94. The lowest BCUT2D eigenvalue weighted by Gasteiger charge is -2.35. The number of ketones is 1. The molecule has 0 saturated carbocycles. The van der Waals surface area contributed by atoms with Gasteiger partial charge in [0.2, 0.25) is 5.54 Å². The van der Waals surface area contributed by atoms with Crippen LogP contribution in [-0.2, 0) is 9.59 Å². The number of hydrogen-bond donors (Lipinski definition) is 1. The van der Waals surface area contributed by atoms with Crippen LogP contribution in [0.5, 0.6) is 0 Å². The average molecular weight is 495 g/mol. The van der Waals surface area contributed by atoms with Gasteiger partial charge in [0.15, 0.2) is 5.78 Å². The Morgan fingerprint density at radius 1 is 1.06 bits per heavy atom. The van der Waals surface area contributed by atoms with Crippen LogP contribution in [0.1, 0.15) is 37.0 Å². The first-order chi connectivity index (χ1) is 15.8. The molecule has 10 heteroatoms. The second kappa shape index (κ2) is 7.94. The van der Waals surface area contributed by atoms with Crippen LogP contribution in [0, 0.1) is 11.2 Å². The molecule has 0 bridgehead atoms. The van der Waals surface area contributed by atoms with Crippen LogP contribution in [0.3, 0.4) is 0 Å². The molecular formula is C24H19ClF4N2O3. The van der Waals surface area contributed by atoms with Crippen molar-refractivity contribution in [3.63, 3.8) is 0 Å². The highest BCUT2D eigenvalue weighted by Gasteiger charge is 2.72. The van der Waals surface area contributed by atoms with Gasteiger partial charge in [0.05, 0.1) is 16.3 Å².